The number of rotatable bonds is 2. The van der Waals surface area contributed by atoms with Gasteiger partial charge in [0.15, 0.2) is 0 Å². The number of thiol groups is 1. The molecule has 0 N–H and O–H groups in total. The van der Waals surface area contributed by atoms with E-state index >= 15 is 0 Å². The lowest BCUT2D eigenvalue weighted by Gasteiger charge is -2.20. The molecule has 0 aliphatic carbocycles. The number of fused-ring (bicyclic) bond motifs is 1. The zero-order valence-corrected chi connectivity index (χ0v) is 11.0. The van der Waals surface area contributed by atoms with E-state index in [1.807, 2.05) is 0 Å². The molecule has 1 fully saturated rings. The third-order valence-electron chi connectivity index (χ3n) is 3.51. The van der Waals surface area contributed by atoms with Gasteiger partial charge in [0.1, 0.15) is 5.75 Å². The summed E-state index contributed by atoms with van der Waals surface area (Å²) in [6.07, 6.45) is 2.77. The minimum atomic E-state index is 0.00836. The molecule has 2 heteroatoms. The maximum absolute atomic E-state index is 5.58. The van der Waals surface area contributed by atoms with Gasteiger partial charge in [0.25, 0.3) is 0 Å². The predicted octanol–water partition coefficient (Wildman–Crippen LogP) is 4.00. The normalized spacial score (nSPS) is 17.6. The first-order chi connectivity index (χ1) is 8.40. The number of hydrogen-bond acceptors (Lipinski definition) is 1. The van der Waals surface area contributed by atoms with Crippen LogP contribution in [0.15, 0.2) is 41.3 Å². The highest BCUT2D eigenvalue weighted by Crippen LogP contribution is 2.50. The van der Waals surface area contributed by atoms with Gasteiger partial charge < -0.3 is 4.74 Å². The molecule has 1 heterocycles. The van der Waals surface area contributed by atoms with E-state index in [9.17, 15) is 0 Å². The molecule has 1 aliphatic rings. The maximum Gasteiger partial charge on any atom is 0.131 e. The topological polar surface area (TPSA) is 9.23 Å². The third-order valence-corrected chi connectivity index (χ3v) is 6.31. The molecular formula is C15H18OS. The molecule has 2 aromatic carbocycles. The summed E-state index contributed by atoms with van der Waals surface area (Å²) in [4.78, 5) is 1.50. The number of methoxy groups -OCH3 is 1. The Labute approximate surface area is 105 Å². The van der Waals surface area contributed by atoms with Crippen molar-refractivity contribution in [2.24, 2.45) is 0 Å². The van der Waals surface area contributed by atoms with E-state index in [0.717, 1.165) is 5.75 Å². The Balaban J connectivity index is 2.23. The SMILES string of the molecule is COc1ccc2ccccc2c1[SH]1CCCC1. The van der Waals surface area contributed by atoms with Gasteiger partial charge in [-0.2, -0.15) is 0 Å². The van der Waals surface area contributed by atoms with Gasteiger partial charge in [0, 0.05) is 4.90 Å². The molecule has 0 saturated carbocycles. The van der Waals surface area contributed by atoms with Crippen LogP contribution in [0.2, 0.25) is 0 Å². The van der Waals surface area contributed by atoms with Crippen LogP contribution in [-0.4, -0.2) is 18.6 Å². The van der Waals surface area contributed by atoms with Crippen LogP contribution in [0.4, 0.5) is 0 Å². The molecule has 1 nitrogen and oxygen atoms in total. The first kappa shape index (κ1) is 11.0. The lowest BCUT2D eigenvalue weighted by Crippen LogP contribution is -1.93. The summed E-state index contributed by atoms with van der Waals surface area (Å²) in [6, 6.07) is 13.0. The van der Waals surface area contributed by atoms with Crippen LogP contribution in [0.1, 0.15) is 12.8 Å². The second-order valence-electron chi connectivity index (χ2n) is 4.53. The highest BCUT2D eigenvalue weighted by Gasteiger charge is 2.19. The van der Waals surface area contributed by atoms with Gasteiger partial charge in [-0.3, -0.25) is 0 Å². The van der Waals surface area contributed by atoms with Crippen molar-refractivity contribution in [3.05, 3.63) is 36.4 Å². The number of ether oxygens (including phenoxy) is 1. The van der Waals surface area contributed by atoms with Crippen molar-refractivity contribution in [3.8, 4) is 5.75 Å². The zero-order chi connectivity index (χ0) is 11.7. The number of benzene rings is 2. The van der Waals surface area contributed by atoms with Crippen LogP contribution < -0.4 is 4.74 Å². The van der Waals surface area contributed by atoms with Crippen molar-refractivity contribution in [3.63, 3.8) is 0 Å². The summed E-state index contributed by atoms with van der Waals surface area (Å²) in [5.41, 5.74) is 0. The van der Waals surface area contributed by atoms with Crippen molar-refractivity contribution >= 4 is 21.7 Å². The largest absolute Gasteiger partial charge is 0.496 e. The molecule has 0 spiro atoms. The summed E-state index contributed by atoms with van der Waals surface area (Å²) < 4.78 is 5.58. The minimum Gasteiger partial charge on any atom is -0.496 e. The smallest absolute Gasteiger partial charge is 0.131 e. The van der Waals surface area contributed by atoms with E-state index in [1.54, 1.807) is 7.11 Å². The fraction of sp³-hybridized carbons (Fsp3) is 0.333. The van der Waals surface area contributed by atoms with Crippen LogP contribution >= 0.6 is 10.9 Å². The molecule has 0 bridgehead atoms. The minimum absolute atomic E-state index is 0.00836. The average Bonchev–Trinajstić information content (AvgIpc) is 2.91. The Morgan fingerprint density at radius 2 is 1.76 bits per heavy atom. The molecule has 2 aromatic rings. The first-order valence-electron chi connectivity index (χ1n) is 6.21. The van der Waals surface area contributed by atoms with Crippen LogP contribution in [0.5, 0.6) is 5.75 Å². The Morgan fingerprint density at radius 3 is 2.53 bits per heavy atom. The third kappa shape index (κ3) is 1.91. The molecule has 90 valence electrons. The second-order valence-corrected chi connectivity index (χ2v) is 6.95. The van der Waals surface area contributed by atoms with Crippen LogP contribution in [0, 0.1) is 0 Å². The van der Waals surface area contributed by atoms with Crippen LogP contribution in [0.3, 0.4) is 0 Å². The average molecular weight is 246 g/mol. The summed E-state index contributed by atoms with van der Waals surface area (Å²) in [6.45, 7) is 0. The van der Waals surface area contributed by atoms with E-state index in [0.29, 0.717) is 0 Å². The van der Waals surface area contributed by atoms with Gasteiger partial charge in [0.05, 0.1) is 7.11 Å². The lowest BCUT2D eigenvalue weighted by molar-refractivity contribution is 0.406. The highest BCUT2D eigenvalue weighted by atomic mass is 32.2. The highest BCUT2D eigenvalue weighted by molar-refractivity contribution is 8.17. The molecule has 1 saturated heterocycles. The van der Waals surface area contributed by atoms with E-state index in [2.05, 4.69) is 36.4 Å². The van der Waals surface area contributed by atoms with Gasteiger partial charge in [-0.15, -0.1) is 0 Å². The standard InChI is InChI=1S/C15H18OS/c1-16-14-9-8-12-6-2-3-7-13(12)15(14)17-10-4-5-11-17/h2-3,6-9,17H,4-5,10-11H2,1H3. The van der Waals surface area contributed by atoms with E-state index < -0.39 is 0 Å². The molecule has 0 atom stereocenters. The van der Waals surface area contributed by atoms with E-state index in [1.165, 1.54) is 40.0 Å². The van der Waals surface area contributed by atoms with E-state index in [-0.39, 0.29) is 10.9 Å². The van der Waals surface area contributed by atoms with Gasteiger partial charge in [0.2, 0.25) is 0 Å². The van der Waals surface area contributed by atoms with Crippen molar-refractivity contribution in [2.45, 2.75) is 17.7 Å². The Bertz CT molecular complexity index is 529. The molecule has 3 rings (SSSR count). The molecule has 17 heavy (non-hydrogen) atoms. The fourth-order valence-corrected chi connectivity index (χ4v) is 5.57. The summed E-state index contributed by atoms with van der Waals surface area (Å²) in [5, 5.41) is 2.75. The lowest BCUT2D eigenvalue weighted by atomic mass is 10.1. The van der Waals surface area contributed by atoms with Gasteiger partial charge >= 0.3 is 0 Å². The van der Waals surface area contributed by atoms with E-state index in [4.69, 9.17) is 4.74 Å². The van der Waals surface area contributed by atoms with Crippen molar-refractivity contribution in [2.75, 3.05) is 18.6 Å². The predicted molar refractivity (Wildman–Crippen MR) is 76.7 cm³/mol. The van der Waals surface area contributed by atoms with Crippen molar-refractivity contribution in [1.82, 2.24) is 0 Å². The van der Waals surface area contributed by atoms with Gasteiger partial charge in [-0.25, -0.2) is 10.9 Å². The van der Waals surface area contributed by atoms with Crippen LogP contribution in [0.25, 0.3) is 10.8 Å². The fourth-order valence-electron chi connectivity index (χ4n) is 2.67. The zero-order valence-electron chi connectivity index (χ0n) is 10.1. The van der Waals surface area contributed by atoms with Crippen molar-refractivity contribution < 1.29 is 4.74 Å². The van der Waals surface area contributed by atoms with Gasteiger partial charge in [-0.05, 0) is 41.2 Å². The maximum atomic E-state index is 5.58. The summed E-state index contributed by atoms with van der Waals surface area (Å²) in [7, 11) is 1.80. The van der Waals surface area contributed by atoms with Gasteiger partial charge in [-0.1, -0.05) is 30.3 Å². The van der Waals surface area contributed by atoms with Crippen molar-refractivity contribution in [1.29, 1.82) is 0 Å². The Kier molecular flexibility index (Phi) is 2.98. The monoisotopic (exact) mass is 246 g/mol. The quantitative estimate of drug-likeness (QED) is 0.788. The molecule has 0 radical (unpaired) electrons. The number of hydrogen-bond donors (Lipinski definition) is 1. The summed E-state index contributed by atoms with van der Waals surface area (Å²) in [5.74, 6) is 3.84. The second kappa shape index (κ2) is 4.61. The molecule has 0 unspecified atom stereocenters. The summed E-state index contributed by atoms with van der Waals surface area (Å²) >= 11 is 0. The van der Waals surface area contributed by atoms with Crippen LogP contribution in [-0.2, 0) is 0 Å². The Hall–Kier alpha value is -1.15. The Morgan fingerprint density at radius 1 is 1.00 bits per heavy atom. The molecule has 0 amide bonds. The molecular weight excluding hydrogens is 228 g/mol. The molecule has 0 aromatic heterocycles. The molecule has 1 aliphatic heterocycles. The first-order valence-corrected chi connectivity index (χ1v) is 7.92.